The van der Waals surface area contributed by atoms with Crippen LogP contribution in [0.2, 0.25) is 0 Å². The number of piperidine rings is 1. The smallest absolute Gasteiger partial charge is 0.252 e. The van der Waals surface area contributed by atoms with Crippen LogP contribution in [0.3, 0.4) is 0 Å². The molecule has 0 bridgehead atoms. The number of nitrogens with one attached hydrogen (secondary N) is 2. The van der Waals surface area contributed by atoms with Crippen LogP contribution in [0.25, 0.3) is 0 Å². The van der Waals surface area contributed by atoms with Crippen LogP contribution in [0.4, 0.5) is 27.5 Å². The lowest BCUT2D eigenvalue weighted by atomic mass is 9.91. The molecule has 2 aliphatic rings. The molecule has 9 nitrogen and oxygen atoms in total. The van der Waals surface area contributed by atoms with Gasteiger partial charge in [0, 0.05) is 25.0 Å². The van der Waals surface area contributed by atoms with Crippen LogP contribution in [-0.4, -0.2) is 40.4 Å². The first kappa shape index (κ1) is 21.9. The number of aromatic nitrogens is 2. The van der Waals surface area contributed by atoms with Crippen molar-refractivity contribution in [1.82, 2.24) is 9.97 Å². The van der Waals surface area contributed by atoms with Crippen molar-refractivity contribution in [1.29, 1.82) is 0 Å². The number of anilines is 4. The number of nitrogens with two attached hydrogens (primary N) is 2. The van der Waals surface area contributed by atoms with Gasteiger partial charge in [-0.15, -0.1) is 0 Å². The Balaban J connectivity index is 1.56. The molecule has 6 N–H and O–H groups in total. The molecule has 2 aromatic rings. The molecule has 4 rings (SSSR count). The Morgan fingerprint density at radius 2 is 1.97 bits per heavy atom. The van der Waals surface area contributed by atoms with Crippen molar-refractivity contribution < 1.29 is 14.0 Å². The summed E-state index contributed by atoms with van der Waals surface area (Å²) in [5.41, 5.74) is 12.1. The minimum absolute atomic E-state index is 0.0170. The standard InChI is InChI=1S/C22H28FN7O2/c23-15-11-14(20(25)32)21(29-22(15)28-17-6-2-1-5-16(17)24)27-13-8-9-18(26-12-13)30-10-4-3-7-19(30)31/h8-9,11-12,16-17H,1-7,10,24H2,(H2,25,32)(H2,27,28,29). The molecule has 10 heteroatoms. The van der Waals surface area contributed by atoms with Crippen LogP contribution in [0.15, 0.2) is 24.4 Å². The van der Waals surface area contributed by atoms with E-state index in [0.29, 0.717) is 24.5 Å². The second kappa shape index (κ2) is 9.47. The fourth-order valence-corrected chi connectivity index (χ4v) is 4.19. The summed E-state index contributed by atoms with van der Waals surface area (Å²) < 4.78 is 14.7. The molecule has 1 aliphatic carbocycles. The van der Waals surface area contributed by atoms with Gasteiger partial charge in [0.25, 0.3) is 5.91 Å². The number of carbonyl (C=O) groups excluding carboxylic acids is 2. The van der Waals surface area contributed by atoms with E-state index in [1.165, 1.54) is 6.20 Å². The maximum Gasteiger partial charge on any atom is 0.252 e. The van der Waals surface area contributed by atoms with Gasteiger partial charge in [-0.3, -0.25) is 14.5 Å². The lowest BCUT2D eigenvalue weighted by Gasteiger charge is -2.30. The fourth-order valence-electron chi connectivity index (χ4n) is 4.19. The molecule has 2 aromatic heterocycles. The van der Waals surface area contributed by atoms with E-state index >= 15 is 0 Å². The molecule has 2 unspecified atom stereocenters. The van der Waals surface area contributed by atoms with Gasteiger partial charge in [0.05, 0.1) is 17.4 Å². The van der Waals surface area contributed by atoms with Gasteiger partial charge < -0.3 is 22.1 Å². The summed E-state index contributed by atoms with van der Waals surface area (Å²) in [4.78, 5) is 34.3. The lowest BCUT2D eigenvalue weighted by Crippen LogP contribution is -2.43. The van der Waals surface area contributed by atoms with Crippen LogP contribution < -0.4 is 27.0 Å². The Labute approximate surface area is 185 Å². The van der Waals surface area contributed by atoms with Crippen LogP contribution >= 0.6 is 0 Å². The maximum atomic E-state index is 14.7. The highest BCUT2D eigenvalue weighted by Crippen LogP contribution is 2.27. The first-order valence-electron chi connectivity index (χ1n) is 11.0. The van der Waals surface area contributed by atoms with Crippen LogP contribution in [-0.2, 0) is 4.79 Å². The number of rotatable bonds is 6. The summed E-state index contributed by atoms with van der Waals surface area (Å²) in [6, 6.07) is 4.33. The normalized spacial score (nSPS) is 21.3. The topological polar surface area (TPSA) is 139 Å². The minimum Gasteiger partial charge on any atom is -0.365 e. The molecule has 2 atom stereocenters. The highest BCUT2D eigenvalue weighted by Gasteiger charge is 2.25. The van der Waals surface area contributed by atoms with E-state index in [4.69, 9.17) is 11.5 Å². The van der Waals surface area contributed by atoms with Crippen molar-refractivity contribution in [2.24, 2.45) is 11.5 Å². The summed E-state index contributed by atoms with van der Waals surface area (Å²) >= 11 is 0. The van der Waals surface area contributed by atoms with Gasteiger partial charge in [0.2, 0.25) is 5.91 Å². The minimum atomic E-state index is -0.802. The van der Waals surface area contributed by atoms with Crippen LogP contribution in [0.5, 0.6) is 0 Å². The molecular weight excluding hydrogens is 413 g/mol. The summed E-state index contributed by atoms with van der Waals surface area (Å²) in [6.07, 6.45) is 7.63. The zero-order valence-corrected chi connectivity index (χ0v) is 17.8. The van der Waals surface area contributed by atoms with Crippen molar-refractivity contribution >= 4 is 35.0 Å². The second-order valence-corrected chi connectivity index (χ2v) is 8.31. The Hall–Kier alpha value is -3.27. The van der Waals surface area contributed by atoms with E-state index in [2.05, 4.69) is 20.6 Å². The molecule has 3 heterocycles. The molecular formula is C22H28FN7O2. The fraction of sp³-hybridized carbons (Fsp3) is 0.455. The largest absolute Gasteiger partial charge is 0.365 e. The number of amides is 2. The van der Waals surface area contributed by atoms with Crippen molar-refractivity contribution in [2.75, 3.05) is 22.1 Å². The molecule has 0 spiro atoms. The van der Waals surface area contributed by atoms with Crippen molar-refractivity contribution in [3.05, 3.63) is 35.8 Å². The van der Waals surface area contributed by atoms with E-state index in [9.17, 15) is 14.0 Å². The van der Waals surface area contributed by atoms with Crippen LogP contribution in [0, 0.1) is 5.82 Å². The van der Waals surface area contributed by atoms with Crippen molar-refractivity contribution in [3.63, 3.8) is 0 Å². The Morgan fingerprint density at radius 3 is 2.66 bits per heavy atom. The molecule has 0 radical (unpaired) electrons. The van der Waals surface area contributed by atoms with Gasteiger partial charge in [-0.2, -0.15) is 0 Å². The highest BCUT2D eigenvalue weighted by atomic mass is 19.1. The molecule has 1 aliphatic heterocycles. The number of hydrogen-bond acceptors (Lipinski definition) is 7. The lowest BCUT2D eigenvalue weighted by molar-refractivity contribution is -0.119. The van der Waals surface area contributed by atoms with Gasteiger partial charge >= 0.3 is 0 Å². The number of hydrogen-bond donors (Lipinski definition) is 4. The zero-order chi connectivity index (χ0) is 22.7. The Kier molecular flexibility index (Phi) is 6.50. The molecule has 32 heavy (non-hydrogen) atoms. The average molecular weight is 442 g/mol. The summed E-state index contributed by atoms with van der Waals surface area (Å²) in [5.74, 6) is -0.714. The molecule has 2 amide bonds. The quantitative estimate of drug-likeness (QED) is 0.540. The summed E-state index contributed by atoms with van der Waals surface area (Å²) in [6.45, 7) is 0.641. The molecule has 0 aromatic carbocycles. The number of nitrogens with zero attached hydrogens (tertiary/aromatic N) is 3. The maximum absolute atomic E-state index is 14.7. The third-order valence-electron chi connectivity index (χ3n) is 5.99. The SMILES string of the molecule is NC(=O)c1cc(F)c(NC2CCCCC2N)nc1Nc1ccc(N2CCCCC2=O)nc1. The van der Waals surface area contributed by atoms with Gasteiger partial charge in [-0.05, 0) is 43.9 Å². The Bertz CT molecular complexity index is 999. The average Bonchev–Trinajstić information content (AvgIpc) is 2.78. The monoisotopic (exact) mass is 441 g/mol. The molecule has 170 valence electrons. The number of carbonyl (C=O) groups is 2. The number of halogens is 1. The Morgan fingerprint density at radius 1 is 1.16 bits per heavy atom. The summed E-state index contributed by atoms with van der Waals surface area (Å²) in [5, 5.41) is 6.08. The van der Waals surface area contributed by atoms with Crippen molar-refractivity contribution in [3.8, 4) is 0 Å². The number of primary amides is 1. The van der Waals surface area contributed by atoms with Crippen LogP contribution in [0.1, 0.15) is 55.3 Å². The highest BCUT2D eigenvalue weighted by molar-refractivity contribution is 5.98. The van der Waals surface area contributed by atoms with E-state index in [1.54, 1.807) is 17.0 Å². The number of pyridine rings is 2. The molecule has 1 saturated carbocycles. The van der Waals surface area contributed by atoms with Gasteiger partial charge in [-0.1, -0.05) is 12.8 Å². The summed E-state index contributed by atoms with van der Waals surface area (Å²) in [7, 11) is 0. The predicted octanol–water partition coefficient (Wildman–Crippen LogP) is 2.66. The molecule has 2 fully saturated rings. The van der Waals surface area contributed by atoms with Gasteiger partial charge in [0.15, 0.2) is 11.6 Å². The predicted molar refractivity (Wildman–Crippen MR) is 120 cm³/mol. The zero-order valence-electron chi connectivity index (χ0n) is 17.8. The second-order valence-electron chi connectivity index (χ2n) is 8.31. The molecule has 1 saturated heterocycles. The van der Waals surface area contributed by atoms with Gasteiger partial charge in [-0.25, -0.2) is 14.4 Å². The van der Waals surface area contributed by atoms with Gasteiger partial charge in [0.1, 0.15) is 11.6 Å². The third kappa shape index (κ3) is 4.80. The van der Waals surface area contributed by atoms with E-state index in [-0.39, 0.29) is 35.2 Å². The van der Waals surface area contributed by atoms with Crippen molar-refractivity contribution in [2.45, 2.75) is 57.0 Å². The van der Waals surface area contributed by atoms with E-state index in [0.717, 1.165) is 44.6 Å². The first-order valence-corrected chi connectivity index (χ1v) is 11.0. The van der Waals surface area contributed by atoms with E-state index < -0.39 is 11.7 Å². The first-order chi connectivity index (χ1) is 15.4. The third-order valence-corrected chi connectivity index (χ3v) is 5.99. The van der Waals surface area contributed by atoms with E-state index in [1.807, 2.05) is 0 Å².